The van der Waals surface area contributed by atoms with Gasteiger partial charge in [0.15, 0.2) is 0 Å². The number of nitrogens with zero attached hydrogens (tertiary/aromatic N) is 3. The molecule has 1 fully saturated rings. The van der Waals surface area contributed by atoms with Crippen molar-refractivity contribution in [1.29, 1.82) is 0 Å². The highest BCUT2D eigenvalue weighted by Crippen LogP contribution is 2.10. The summed E-state index contributed by atoms with van der Waals surface area (Å²) < 4.78 is 0. The summed E-state index contributed by atoms with van der Waals surface area (Å²) in [6.45, 7) is 2.16. The smallest absolute Gasteiger partial charge is 0.119 e. The molecule has 0 aromatic rings. The minimum absolute atomic E-state index is 0.0329. The fourth-order valence-electron chi connectivity index (χ4n) is 1.29. The zero-order valence-electron chi connectivity index (χ0n) is 9.05. The third kappa shape index (κ3) is 3.86. The molecule has 88 valence electrons. The third-order valence-corrected chi connectivity index (χ3v) is 3.14. The summed E-state index contributed by atoms with van der Waals surface area (Å²) in [5.74, 6) is 0. The van der Waals surface area contributed by atoms with Gasteiger partial charge in [0.2, 0.25) is 0 Å². The normalized spacial score (nSPS) is 23.3. The second-order valence-electron chi connectivity index (χ2n) is 3.67. The van der Waals surface area contributed by atoms with E-state index in [1.54, 1.807) is 0 Å². The Morgan fingerprint density at radius 1 is 1.67 bits per heavy atom. The number of aliphatic hydroxyl groups is 1. The van der Waals surface area contributed by atoms with Crippen molar-refractivity contribution in [1.82, 2.24) is 20.2 Å². The molecule has 1 aliphatic rings. The number of thiol groups is 1. The molecule has 5 nitrogen and oxygen atoms in total. The summed E-state index contributed by atoms with van der Waals surface area (Å²) in [6, 6.07) is 0. The molecule has 1 saturated heterocycles. The van der Waals surface area contributed by atoms with E-state index in [0.29, 0.717) is 13.1 Å². The van der Waals surface area contributed by atoms with Gasteiger partial charge in [0.25, 0.3) is 0 Å². The summed E-state index contributed by atoms with van der Waals surface area (Å²) >= 11 is 9.62. The summed E-state index contributed by atoms with van der Waals surface area (Å²) in [6.07, 6.45) is 0. The molecule has 1 rings (SSSR count). The van der Waals surface area contributed by atoms with Gasteiger partial charge < -0.3 is 10.0 Å². The van der Waals surface area contributed by atoms with Crippen molar-refractivity contribution in [3.63, 3.8) is 0 Å². The van der Waals surface area contributed by atoms with E-state index < -0.39 is 0 Å². The molecular weight excluding hydrogens is 232 g/mol. The maximum atomic E-state index is 8.81. The largest absolute Gasteiger partial charge is 0.395 e. The second-order valence-corrected chi connectivity index (χ2v) is 4.63. The summed E-state index contributed by atoms with van der Waals surface area (Å²) in [5.41, 5.74) is 3.10. The zero-order chi connectivity index (χ0) is 11.4. The van der Waals surface area contributed by atoms with Crippen LogP contribution in [0.25, 0.3) is 0 Å². The number of β-amino-alcohol motifs (C(OH)–C–C–N with tert-alkyl or cyclic N) is 1. The first-order chi connectivity index (χ1) is 7.04. The Morgan fingerprint density at radius 3 is 2.87 bits per heavy atom. The van der Waals surface area contributed by atoms with Gasteiger partial charge >= 0.3 is 0 Å². The van der Waals surface area contributed by atoms with E-state index in [2.05, 4.69) is 23.0 Å². The van der Waals surface area contributed by atoms with Crippen LogP contribution in [0.2, 0.25) is 0 Å². The standard InChI is InChI=1S/C8H18N4OS2/c1-10(2)7(14)5-11-6-12(3-4-13)9-8(11)15/h8-9,13,15H,3-6H2,1-2H3. The molecular formula is C8H18N4OS2. The Bertz CT molecular complexity index is 227. The minimum Gasteiger partial charge on any atom is -0.395 e. The molecule has 2 N–H and O–H groups in total. The van der Waals surface area contributed by atoms with Crippen LogP contribution in [0.5, 0.6) is 0 Å². The fraction of sp³-hybridized carbons (Fsp3) is 0.875. The van der Waals surface area contributed by atoms with Crippen LogP contribution in [0.1, 0.15) is 0 Å². The lowest BCUT2D eigenvalue weighted by Crippen LogP contribution is -2.38. The Kier molecular flexibility index (Phi) is 5.24. The lowest BCUT2D eigenvalue weighted by Gasteiger charge is -2.22. The van der Waals surface area contributed by atoms with Gasteiger partial charge in [-0.2, -0.15) is 0 Å². The molecule has 0 aromatic carbocycles. The highest BCUT2D eigenvalue weighted by Gasteiger charge is 2.27. The Labute approximate surface area is 101 Å². The highest BCUT2D eigenvalue weighted by atomic mass is 32.1. The van der Waals surface area contributed by atoms with Crippen molar-refractivity contribution in [3.8, 4) is 0 Å². The second kappa shape index (κ2) is 5.97. The van der Waals surface area contributed by atoms with Crippen molar-refractivity contribution in [3.05, 3.63) is 0 Å². The topological polar surface area (TPSA) is 42.0 Å². The molecule has 1 heterocycles. The number of nitrogens with one attached hydrogen (secondary N) is 1. The van der Waals surface area contributed by atoms with Crippen LogP contribution in [0.4, 0.5) is 0 Å². The number of likely N-dealkylation sites (N-methyl/N-ethyl adjacent to an activating group) is 1. The Morgan fingerprint density at radius 2 is 2.33 bits per heavy atom. The summed E-state index contributed by atoms with van der Waals surface area (Å²) in [7, 11) is 3.87. The van der Waals surface area contributed by atoms with Gasteiger partial charge in [-0.05, 0) is 0 Å². The van der Waals surface area contributed by atoms with Crippen molar-refractivity contribution >= 4 is 29.8 Å². The first kappa shape index (κ1) is 13.1. The minimum atomic E-state index is -0.0329. The quantitative estimate of drug-likeness (QED) is 0.447. The first-order valence-corrected chi connectivity index (χ1v) is 5.71. The van der Waals surface area contributed by atoms with E-state index in [4.69, 9.17) is 17.3 Å². The molecule has 0 saturated carbocycles. The molecule has 7 heteroatoms. The molecule has 0 radical (unpaired) electrons. The Balaban J connectivity index is 2.40. The van der Waals surface area contributed by atoms with Crippen LogP contribution in [-0.2, 0) is 0 Å². The van der Waals surface area contributed by atoms with Gasteiger partial charge in [0, 0.05) is 20.6 Å². The molecule has 0 spiro atoms. The fourth-order valence-corrected chi connectivity index (χ4v) is 1.77. The monoisotopic (exact) mass is 250 g/mol. The number of aliphatic hydroxyl groups excluding tert-OH is 1. The van der Waals surface area contributed by atoms with Gasteiger partial charge in [-0.3, -0.25) is 4.90 Å². The van der Waals surface area contributed by atoms with Gasteiger partial charge in [-0.25, -0.2) is 10.4 Å². The van der Waals surface area contributed by atoms with E-state index in [0.717, 1.165) is 11.7 Å². The number of hydrogen-bond donors (Lipinski definition) is 3. The molecule has 0 amide bonds. The molecule has 0 bridgehead atoms. The van der Waals surface area contributed by atoms with E-state index >= 15 is 0 Å². The molecule has 1 unspecified atom stereocenters. The third-order valence-electron chi connectivity index (χ3n) is 2.20. The number of hydrazine groups is 1. The molecule has 1 atom stereocenters. The first-order valence-electron chi connectivity index (χ1n) is 4.79. The predicted octanol–water partition coefficient (Wildman–Crippen LogP) is -0.839. The molecule has 0 aromatic heterocycles. The predicted molar refractivity (Wildman–Crippen MR) is 67.6 cm³/mol. The highest BCUT2D eigenvalue weighted by molar-refractivity contribution is 7.81. The van der Waals surface area contributed by atoms with Gasteiger partial charge in [0.05, 0.1) is 24.8 Å². The van der Waals surface area contributed by atoms with Crippen LogP contribution in [0.15, 0.2) is 0 Å². The summed E-state index contributed by atoms with van der Waals surface area (Å²) in [4.78, 5) is 4.90. The van der Waals surface area contributed by atoms with Crippen LogP contribution in [-0.4, -0.2) is 70.9 Å². The van der Waals surface area contributed by atoms with E-state index in [1.807, 2.05) is 24.0 Å². The van der Waals surface area contributed by atoms with Gasteiger partial charge in [-0.1, -0.05) is 12.2 Å². The van der Waals surface area contributed by atoms with Crippen molar-refractivity contribution in [2.24, 2.45) is 0 Å². The lowest BCUT2D eigenvalue weighted by atomic mass is 10.5. The maximum Gasteiger partial charge on any atom is 0.119 e. The van der Waals surface area contributed by atoms with Gasteiger partial charge in [-0.15, -0.1) is 12.6 Å². The lowest BCUT2D eigenvalue weighted by molar-refractivity contribution is 0.168. The van der Waals surface area contributed by atoms with Crippen molar-refractivity contribution in [2.75, 3.05) is 40.5 Å². The molecule has 1 aliphatic heterocycles. The average Bonchev–Trinajstić information content (AvgIpc) is 2.47. The van der Waals surface area contributed by atoms with Gasteiger partial charge in [0.1, 0.15) is 5.50 Å². The van der Waals surface area contributed by atoms with Crippen molar-refractivity contribution < 1.29 is 5.11 Å². The van der Waals surface area contributed by atoms with E-state index in [9.17, 15) is 0 Å². The number of hydrogen-bond acceptors (Lipinski definition) is 6. The Hall–Kier alpha value is 0.0800. The van der Waals surface area contributed by atoms with E-state index in [1.165, 1.54) is 0 Å². The van der Waals surface area contributed by atoms with E-state index in [-0.39, 0.29) is 12.1 Å². The van der Waals surface area contributed by atoms with Crippen LogP contribution < -0.4 is 5.43 Å². The zero-order valence-corrected chi connectivity index (χ0v) is 10.8. The van der Waals surface area contributed by atoms with Crippen LogP contribution in [0, 0.1) is 0 Å². The van der Waals surface area contributed by atoms with Crippen molar-refractivity contribution in [2.45, 2.75) is 5.50 Å². The molecule has 15 heavy (non-hydrogen) atoms. The maximum absolute atomic E-state index is 8.81. The van der Waals surface area contributed by atoms with Crippen LogP contribution >= 0.6 is 24.8 Å². The average molecular weight is 250 g/mol. The summed E-state index contributed by atoms with van der Waals surface area (Å²) in [5, 5.41) is 10.7. The SMILES string of the molecule is CN(C)C(=S)CN1CN(CCO)NC1S. The molecule has 0 aliphatic carbocycles. The van der Waals surface area contributed by atoms with Crippen LogP contribution in [0.3, 0.4) is 0 Å². The number of rotatable bonds is 4. The number of thiocarbonyl (C=S) groups is 1.